The van der Waals surface area contributed by atoms with Crippen LogP contribution in [0, 0.1) is 0 Å². The van der Waals surface area contributed by atoms with Crippen molar-refractivity contribution in [2.24, 2.45) is 0 Å². The zero-order chi connectivity index (χ0) is 19.3. The summed E-state index contributed by atoms with van der Waals surface area (Å²) in [6, 6.07) is 20.5. The van der Waals surface area contributed by atoms with E-state index in [4.69, 9.17) is 0 Å². The van der Waals surface area contributed by atoms with Crippen LogP contribution in [-0.4, -0.2) is 47.6 Å². The maximum atomic E-state index is 10.4. The number of aromatic hydroxyl groups is 1. The molecule has 1 fully saturated rings. The Labute approximate surface area is 175 Å². The molecule has 1 aliphatic heterocycles. The lowest BCUT2D eigenvalue weighted by atomic mass is 10.0. The van der Waals surface area contributed by atoms with Crippen molar-refractivity contribution in [3.05, 3.63) is 82.3 Å². The molecule has 1 aliphatic rings. The summed E-state index contributed by atoms with van der Waals surface area (Å²) in [4.78, 5) is 4.92. The summed E-state index contributed by atoms with van der Waals surface area (Å²) in [5.41, 5.74) is 2.28. The van der Waals surface area contributed by atoms with Gasteiger partial charge in [0.1, 0.15) is 5.75 Å². The lowest BCUT2D eigenvalue weighted by Crippen LogP contribution is -2.45. The van der Waals surface area contributed by atoms with Gasteiger partial charge in [-0.3, -0.25) is 9.80 Å². The van der Waals surface area contributed by atoms with Crippen molar-refractivity contribution >= 4 is 32.8 Å². The van der Waals surface area contributed by atoms with Gasteiger partial charge in [0, 0.05) is 49.3 Å². The van der Waals surface area contributed by atoms with E-state index in [9.17, 15) is 5.11 Å². The molecule has 0 aromatic heterocycles. The van der Waals surface area contributed by atoms with Gasteiger partial charge < -0.3 is 5.11 Å². The Morgan fingerprint density at radius 1 is 0.893 bits per heavy atom. The van der Waals surface area contributed by atoms with Crippen LogP contribution in [0.2, 0.25) is 0 Å². The third-order valence-corrected chi connectivity index (χ3v) is 5.88. The maximum absolute atomic E-state index is 10.4. The van der Waals surface area contributed by atoms with E-state index in [0.29, 0.717) is 5.75 Å². The molecular formula is C24H25BrN2O. The highest BCUT2D eigenvalue weighted by Gasteiger charge is 2.18. The summed E-state index contributed by atoms with van der Waals surface area (Å²) < 4.78 is 1.06. The molecular weight excluding hydrogens is 412 g/mol. The molecule has 0 atom stereocenters. The average Bonchev–Trinajstić information content (AvgIpc) is 2.72. The number of piperazine rings is 1. The largest absolute Gasteiger partial charge is 0.508 e. The Morgan fingerprint density at radius 2 is 1.64 bits per heavy atom. The van der Waals surface area contributed by atoms with Crippen LogP contribution >= 0.6 is 15.9 Å². The number of nitrogens with zero attached hydrogens (tertiary/aromatic N) is 2. The highest BCUT2D eigenvalue weighted by atomic mass is 79.9. The molecule has 1 heterocycles. The normalized spacial score (nSPS) is 16.2. The number of hydrogen-bond acceptors (Lipinski definition) is 3. The molecule has 0 saturated carbocycles. The van der Waals surface area contributed by atoms with Gasteiger partial charge in [-0.25, -0.2) is 0 Å². The Hall–Kier alpha value is -2.14. The van der Waals surface area contributed by atoms with Crippen molar-refractivity contribution in [2.75, 3.05) is 32.7 Å². The molecule has 4 heteroatoms. The summed E-state index contributed by atoms with van der Waals surface area (Å²) in [5.74, 6) is 0.392. The van der Waals surface area contributed by atoms with E-state index < -0.39 is 0 Å². The SMILES string of the molecule is Oc1ccc2cc(Br)ccc2c1CN1CCN(C/C=C/c2ccccc2)CC1. The number of fused-ring (bicyclic) bond motifs is 1. The highest BCUT2D eigenvalue weighted by molar-refractivity contribution is 9.10. The van der Waals surface area contributed by atoms with Crippen molar-refractivity contribution in [1.82, 2.24) is 9.80 Å². The molecule has 0 unspecified atom stereocenters. The molecule has 1 saturated heterocycles. The smallest absolute Gasteiger partial charge is 0.120 e. The van der Waals surface area contributed by atoms with E-state index in [-0.39, 0.29) is 0 Å². The number of halogens is 1. The lowest BCUT2D eigenvalue weighted by Gasteiger charge is -2.34. The van der Waals surface area contributed by atoms with Crippen LogP contribution in [0.15, 0.2) is 71.2 Å². The highest BCUT2D eigenvalue weighted by Crippen LogP contribution is 2.30. The fourth-order valence-electron chi connectivity index (χ4n) is 3.78. The first-order chi connectivity index (χ1) is 13.7. The van der Waals surface area contributed by atoms with Crippen LogP contribution in [0.25, 0.3) is 16.8 Å². The van der Waals surface area contributed by atoms with E-state index in [0.717, 1.165) is 60.1 Å². The molecule has 0 aliphatic carbocycles. The summed E-state index contributed by atoms with van der Waals surface area (Å²) in [6.45, 7) is 5.91. The molecule has 0 radical (unpaired) electrons. The first kappa shape index (κ1) is 19.2. The van der Waals surface area contributed by atoms with E-state index >= 15 is 0 Å². The van der Waals surface area contributed by atoms with Gasteiger partial charge in [0.2, 0.25) is 0 Å². The number of phenols is 1. The number of hydrogen-bond donors (Lipinski definition) is 1. The zero-order valence-electron chi connectivity index (χ0n) is 15.9. The van der Waals surface area contributed by atoms with Crippen molar-refractivity contribution in [1.29, 1.82) is 0 Å². The Morgan fingerprint density at radius 3 is 2.43 bits per heavy atom. The fraction of sp³-hybridized carbons (Fsp3) is 0.250. The maximum Gasteiger partial charge on any atom is 0.120 e. The number of benzene rings is 3. The van der Waals surface area contributed by atoms with Crippen LogP contribution in [-0.2, 0) is 6.54 Å². The molecule has 1 N–H and O–H groups in total. The van der Waals surface area contributed by atoms with Crippen molar-refractivity contribution in [3.8, 4) is 5.75 Å². The van der Waals surface area contributed by atoms with Gasteiger partial charge >= 0.3 is 0 Å². The van der Waals surface area contributed by atoms with Crippen LogP contribution in [0.4, 0.5) is 0 Å². The van der Waals surface area contributed by atoms with E-state index in [1.807, 2.05) is 24.3 Å². The summed E-state index contributed by atoms with van der Waals surface area (Å²) in [7, 11) is 0. The van der Waals surface area contributed by atoms with Gasteiger partial charge in [-0.05, 0) is 34.5 Å². The second-order valence-electron chi connectivity index (χ2n) is 7.32. The Balaban J connectivity index is 1.35. The van der Waals surface area contributed by atoms with E-state index in [1.165, 1.54) is 5.56 Å². The zero-order valence-corrected chi connectivity index (χ0v) is 17.5. The second kappa shape index (κ2) is 8.91. The van der Waals surface area contributed by atoms with Crippen molar-refractivity contribution in [3.63, 3.8) is 0 Å². The van der Waals surface area contributed by atoms with Crippen molar-refractivity contribution < 1.29 is 5.11 Å². The lowest BCUT2D eigenvalue weighted by molar-refractivity contribution is 0.136. The van der Waals surface area contributed by atoms with E-state index in [1.54, 1.807) is 0 Å². The molecule has 28 heavy (non-hydrogen) atoms. The molecule has 0 spiro atoms. The summed E-state index contributed by atoms with van der Waals surface area (Å²) in [6.07, 6.45) is 4.44. The Kier molecular flexibility index (Phi) is 6.10. The fourth-order valence-corrected chi connectivity index (χ4v) is 4.15. The molecule has 4 rings (SSSR count). The summed E-state index contributed by atoms with van der Waals surface area (Å²) in [5, 5.41) is 12.7. The third kappa shape index (κ3) is 4.64. The molecule has 3 aromatic carbocycles. The topological polar surface area (TPSA) is 26.7 Å². The molecule has 144 valence electrons. The van der Waals surface area contributed by atoms with Gasteiger partial charge in [-0.2, -0.15) is 0 Å². The van der Waals surface area contributed by atoms with Crippen LogP contribution in [0.5, 0.6) is 5.75 Å². The minimum Gasteiger partial charge on any atom is -0.508 e. The van der Waals surface area contributed by atoms with Gasteiger partial charge in [-0.15, -0.1) is 0 Å². The second-order valence-corrected chi connectivity index (χ2v) is 8.23. The molecule has 3 nitrogen and oxygen atoms in total. The standard InChI is InChI=1S/C24H25BrN2O/c25-21-9-10-22-20(17-21)8-11-24(28)23(22)18-27-15-13-26(14-16-27)12-4-7-19-5-2-1-3-6-19/h1-11,17,28H,12-16,18H2/b7-4+. The predicted molar refractivity (Wildman–Crippen MR) is 121 cm³/mol. The predicted octanol–water partition coefficient (Wildman–Crippen LogP) is 5.14. The monoisotopic (exact) mass is 436 g/mol. The summed E-state index contributed by atoms with van der Waals surface area (Å²) >= 11 is 3.53. The minimum absolute atomic E-state index is 0.392. The van der Waals surface area contributed by atoms with Gasteiger partial charge in [-0.1, -0.05) is 70.5 Å². The van der Waals surface area contributed by atoms with E-state index in [2.05, 4.69) is 74.3 Å². The molecule has 0 amide bonds. The third-order valence-electron chi connectivity index (χ3n) is 5.39. The van der Waals surface area contributed by atoms with Crippen molar-refractivity contribution in [2.45, 2.75) is 6.54 Å². The first-order valence-electron chi connectivity index (χ1n) is 9.75. The molecule has 3 aromatic rings. The van der Waals surface area contributed by atoms with Gasteiger partial charge in [0.15, 0.2) is 0 Å². The van der Waals surface area contributed by atoms with Crippen LogP contribution in [0.3, 0.4) is 0 Å². The number of rotatable bonds is 5. The Bertz CT molecular complexity index is 963. The molecule has 0 bridgehead atoms. The van der Waals surface area contributed by atoms with Gasteiger partial charge in [0.25, 0.3) is 0 Å². The van der Waals surface area contributed by atoms with Crippen LogP contribution < -0.4 is 0 Å². The first-order valence-corrected chi connectivity index (χ1v) is 10.5. The average molecular weight is 437 g/mol. The van der Waals surface area contributed by atoms with Gasteiger partial charge in [0.05, 0.1) is 0 Å². The number of phenolic OH excluding ortho intramolecular Hbond substituents is 1. The quantitative estimate of drug-likeness (QED) is 0.599. The van der Waals surface area contributed by atoms with Crippen LogP contribution in [0.1, 0.15) is 11.1 Å². The minimum atomic E-state index is 0.392.